The first-order valence-corrected chi connectivity index (χ1v) is 12.9. The average Bonchev–Trinajstić information content (AvgIpc) is 2.93. The number of anilines is 1. The van der Waals surface area contributed by atoms with Gasteiger partial charge in [0.25, 0.3) is 0 Å². The summed E-state index contributed by atoms with van der Waals surface area (Å²) in [6.07, 6.45) is -2.63. The first-order valence-electron chi connectivity index (χ1n) is 12.9. The van der Waals surface area contributed by atoms with E-state index in [0.717, 1.165) is 56.2 Å². The van der Waals surface area contributed by atoms with Gasteiger partial charge in [0, 0.05) is 51.5 Å². The summed E-state index contributed by atoms with van der Waals surface area (Å²) < 4.78 is 39.4. The molecule has 0 N–H and O–H groups in total. The normalized spacial score (nSPS) is 18.7. The van der Waals surface area contributed by atoms with Gasteiger partial charge in [-0.15, -0.1) is 0 Å². The minimum absolute atomic E-state index is 0.152. The minimum Gasteiger partial charge on any atom is -0.369 e. The SMILES string of the molecule is O=C1N(CCN2CCN(c3cccc(C(F)(F)F)c3)CC2)CCCC1(c1ccccc1)c1ccccc1. The highest BCUT2D eigenvalue weighted by Crippen LogP contribution is 2.41. The molecule has 0 bridgehead atoms. The van der Waals surface area contributed by atoms with Gasteiger partial charge >= 0.3 is 6.18 Å². The molecule has 3 aromatic rings. The van der Waals surface area contributed by atoms with Crippen molar-refractivity contribution in [2.24, 2.45) is 0 Å². The van der Waals surface area contributed by atoms with Gasteiger partial charge < -0.3 is 9.80 Å². The summed E-state index contributed by atoms with van der Waals surface area (Å²) in [5.41, 5.74) is 1.38. The molecule has 0 aromatic heterocycles. The second-order valence-corrected chi connectivity index (χ2v) is 9.91. The highest BCUT2D eigenvalue weighted by Gasteiger charge is 2.46. The average molecular weight is 508 g/mol. The van der Waals surface area contributed by atoms with Crippen LogP contribution in [-0.4, -0.2) is 61.5 Å². The smallest absolute Gasteiger partial charge is 0.369 e. The monoisotopic (exact) mass is 507 g/mol. The molecule has 0 aliphatic carbocycles. The molecule has 5 rings (SSSR count). The van der Waals surface area contributed by atoms with E-state index in [2.05, 4.69) is 29.2 Å². The number of alkyl halides is 3. The van der Waals surface area contributed by atoms with Crippen LogP contribution in [0.3, 0.4) is 0 Å². The van der Waals surface area contributed by atoms with Gasteiger partial charge in [0.2, 0.25) is 5.91 Å². The van der Waals surface area contributed by atoms with Crippen molar-refractivity contribution in [3.63, 3.8) is 0 Å². The molecule has 7 heteroatoms. The van der Waals surface area contributed by atoms with Crippen LogP contribution in [0.15, 0.2) is 84.9 Å². The van der Waals surface area contributed by atoms with Gasteiger partial charge in [-0.25, -0.2) is 0 Å². The summed E-state index contributed by atoms with van der Waals surface area (Å²) in [4.78, 5) is 20.4. The predicted molar refractivity (Wildman–Crippen MR) is 140 cm³/mol. The second kappa shape index (κ2) is 10.6. The van der Waals surface area contributed by atoms with Crippen LogP contribution in [0.25, 0.3) is 0 Å². The van der Waals surface area contributed by atoms with E-state index >= 15 is 0 Å². The fourth-order valence-corrected chi connectivity index (χ4v) is 5.75. The van der Waals surface area contributed by atoms with Crippen LogP contribution < -0.4 is 4.90 Å². The van der Waals surface area contributed by atoms with Gasteiger partial charge in [0.05, 0.1) is 11.0 Å². The maximum absolute atomic E-state index is 14.1. The van der Waals surface area contributed by atoms with E-state index in [9.17, 15) is 18.0 Å². The van der Waals surface area contributed by atoms with Crippen molar-refractivity contribution in [3.05, 3.63) is 102 Å². The number of hydrogen-bond donors (Lipinski definition) is 0. The third kappa shape index (κ3) is 5.23. The van der Waals surface area contributed by atoms with Gasteiger partial charge in [-0.05, 0) is 42.2 Å². The summed E-state index contributed by atoms with van der Waals surface area (Å²) in [5.74, 6) is 0.152. The number of likely N-dealkylation sites (tertiary alicyclic amines) is 1. The molecule has 0 spiro atoms. The number of piperidine rings is 1. The van der Waals surface area contributed by atoms with Crippen LogP contribution in [-0.2, 0) is 16.4 Å². The van der Waals surface area contributed by atoms with Gasteiger partial charge in [0.15, 0.2) is 0 Å². The van der Waals surface area contributed by atoms with Crippen molar-refractivity contribution in [1.29, 1.82) is 0 Å². The summed E-state index contributed by atoms with van der Waals surface area (Å²) in [6.45, 7) is 4.96. The van der Waals surface area contributed by atoms with Crippen molar-refractivity contribution in [2.45, 2.75) is 24.4 Å². The van der Waals surface area contributed by atoms with Gasteiger partial charge in [-0.3, -0.25) is 9.69 Å². The molecule has 0 radical (unpaired) electrons. The van der Waals surface area contributed by atoms with Gasteiger partial charge in [-0.1, -0.05) is 66.7 Å². The number of carbonyl (C=O) groups excluding carboxylic acids is 1. The topological polar surface area (TPSA) is 26.8 Å². The molecular formula is C30H32F3N3O. The highest BCUT2D eigenvalue weighted by molar-refractivity contribution is 5.93. The first kappa shape index (κ1) is 25.3. The van der Waals surface area contributed by atoms with Crippen molar-refractivity contribution in [1.82, 2.24) is 9.80 Å². The lowest BCUT2D eigenvalue weighted by molar-refractivity contribution is -0.139. The fourth-order valence-electron chi connectivity index (χ4n) is 5.75. The molecule has 2 heterocycles. The molecule has 2 aliphatic heterocycles. The number of rotatable bonds is 6. The quantitative estimate of drug-likeness (QED) is 0.445. The van der Waals surface area contributed by atoms with E-state index in [1.165, 1.54) is 12.1 Å². The van der Waals surface area contributed by atoms with Crippen molar-refractivity contribution < 1.29 is 18.0 Å². The largest absolute Gasteiger partial charge is 0.416 e. The molecule has 37 heavy (non-hydrogen) atoms. The van der Waals surface area contributed by atoms with Crippen LogP contribution in [0.5, 0.6) is 0 Å². The zero-order valence-electron chi connectivity index (χ0n) is 20.8. The zero-order valence-corrected chi connectivity index (χ0v) is 20.8. The van der Waals surface area contributed by atoms with Crippen molar-refractivity contribution in [3.8, 4) is 0 Å². The van der Waals surface area contributed by atoms with Crippen LogP contribution >= 0.6 is 0 Å². The molecule has 4 nitrogen and oxygen atoms in total. The lowest BCUT2D eigenvalue weighted by Crippen LogP contribution is -2.55. The third-order valence-electron chi connectivity index (χ3n) is 7.76. The molecule has 3 aromatic carbocycles. The standard InChI is InChI=1S/C30H32F3N3O/c31-30(32,33)26-13-7-14-27(23-26)35-20-17-34(18-21-35)19-22-36-16-8-15-29(28(36)37,24-9-3-1-4-10-24)25-11-5-2-6-12-25/h1-7,9-14,23H,8,15-22H2. The van der Waals surface area contributed by atoms with E-state index in [-0.39, 0.29) is 5.91 Å². The molecule has 0 atom stereocenters. The van der Waals surface area contributed by atoms with Crippen LogP contribution in [0, 0.1) is 0 Å². The number of carbonyl (C=O) groups is 1. The number of benzene rings is 3. The Hall–Kier alpha value is -3.32. The fraction of sp³-hybridized carbons (Fsp3) is 0.367. The molecule has 2 fully saturated rings. The van der Waals surface area contributed by atoms with E-state index in [1.807, 2.05) is 46.2 Å². The lowest BCUT2D eigenvalue weighted by atomic mass is 9.68. The van der Waals surface area contributed by atoms with Gasteiger partial charge in [-0.2, -0.15) is 13.2 Å². The second-order valence-electron chi connectivity index (χ2n) is 9.91. The molecule has 0 unspecified atom stereocenters. The number of amides is 1. The number of hydrogen-bond acceptors (Lipinski definition) is 3. The predicted octanol–water partition coefficient (Wildman–Crippen LogP) is 5.44. The highest BCUT2D eigenvalue weighted by atomic mass is 19.4. The number of piperazine rings is 1. The van der Waals surface area contributed by atoms with Crippen molar-refractivity contribution >= 4 is 11.6 Å². The molecule has 2 saturated heterocycles. The zero-order chi connectivity index (χ0) is 25.9. The van der Waals surface area contributed by atoms with Gasteiger partial charge in [0.1, 0.15) is 0 Å². The summed E-state index contributed by atoms with van der Waals surface area (Å²) in [7, 11) is 0. The Labute approximate surface area is 216 Å². The summed E-state index contributed by atoms with van der Waals surface area (Å²) >= 11 is 0. The lowest BCUT2D eigenvalue weighted by Gasteiger charge is -2.43. The Morgan fingerprint density at radius 3 is 1.95 bits per heavy atom. The summed E-state index contributed by atoms with van der Waals surface area (Å²) in [6, 6.07) is 25.7. The van der Waals surface area contributed by atoms with Crippen LogP contribution in [0.2, 0.25) is 0 Å². The minimum atomic E-state index is -4.34. The molecule has 194 valence electrons. The maximum atomic E-state index is 14.1. The van der Waals surface area contributed by atoms with E-state index in [4.69, 9.17) is 0 Å². The Balaban J connectivity index is 1.24. The molecular weight excluding hydrogens is 475 g/mol. The molecule has 2 aliphatic rings. The maximum Gasteiger partial charge on any atom is 0.416 e. The van der Waals surface area contributed by atoms with E-state index < -0.39 is 17.2 Å². The first-order chi connectivity index (χ1) is 17.9. The number of nitrogens with zero attached hydrogens (tertiary/aromatic N) is 3. The Bertz CT molecular complexity index is 1150. The molecule has 0 saturated carbocycles. The summed E-state index contributed by atoms with van der Waals surface area (Å²) in [5, 5.41) is 0. The van der Waals surface area contributed by atoms with E-state index in [1.54, 1.807) is 6.07 Å². The van der Waals surface area contributed by atoms with E-state index in [0.29, 0.717) is 25.3 Å². The molecule has 1 amide bonds. The van der Waals surface area contributed by atoms with Crippen LogP contribution in [0.4, 0.5) is 18.9 Å². The number of halogens is 3. The van der Waals surface area contributed by atoms with Crippen LogP contribution in [0.1, 0.15) is 29.5 Å². The van der Waals surface area contributed by atoms with Crippen molar-refractivity contribution in [2.75, 3.05) is 50.7 Å². The third-order valence-corrected chi connectivity index (χ3v) is 7.76. The Morgan fingerprint density at radius 1 is 0.730 bits per heavy atom. The Morgan fingerprint density at radius 2 is 1.35 bits per heavy atom. The Kier molecular flexibility index (Phi) is 7.24.